The van der Waals surface area contributed by atoms with Crippen LogP contribution in [-0.2, 0) is 0 Å². The molecule has 78 valence electrons. The van der Waals surface area contributed by atoms with E-state index in [0.29, 0.717) is 11.8 Å². The molecule has 3 nitrogen and oxygen atoms in total. The fourth-order valence-corrected chi connectivity index (χ4v) is 2.23. The fraction of sp³-hybridized carbons (Fsp3) is 0.500. The van der Waals surface area contributed by atoms with Gasteiger partial charge in [0.05, 0.1) is 0 Å². The summed E-state index contributed by atoms with van der Waals surface area (Å²) >= 11 is 1.79. The molecule has 1 atom stereocenters. The summed E-state index contributed by atoms with van der Waals surface area (Å²) in [5, 5.41) is 8.99. The molecule has 3 N–H and O–H groups in total. The highest BCUT2D eigenvalue weighted by Gasteiger charge is 2.08. The summed E-state index contributed by atoms with van der Waals surface area (Å²) in [7, 11) is 0. The van der Waals surface area contributed by atoms with Gasteiger partial charge in [-0.2, -0.15) is 11.8 Å². The number of hydrogen-bond acceptors (Lipinski definition) is 4. The van der Waals surface area contributed by atoms with Crippen molar-refractivity contribution in [2.45, 2.75) is 11.7 Å². The Labute approximate surface area is 88.7 Å². The molecule has 1 aromatic heterocycles. The third-order valence-electron chi connectivity index (χ3n) is 1.91. The largest absolute Gasteiger partial charge is 0.396 e. The lowest BCUT2D eigenvalue weighted by Crippen LogP contribution is -2.10. The van der Waals surface area contributed by atoms with Crippen LogP contribution in [0, 0.1) is 0 Å². The molecule has 0 fully saturated rings. The van der Waals surface area contributed by atoms with E-state index < -0.39 is 0 Å². The molecular formula is C10H16N2OS. The van der Waals surface area contributed by atoms with Crippen LogP contribution in [0.4, 0.5) is 0 Å². The van der Waals surface area contributed by atoms with Crippen molar-refractivity contribution >= 4 is 11.8 Å². The predicted molar refractivity (Wildman–Crippen MR) is 60.2 cm³/mol. The minimum Gasteiger partial charge on any atom is -0.396 e. The molecule has 0 spiro atoms. The molecule has 0 amide bonds. The van der Waals surface area contributed by atoms with Crippen LogP contribution in [0.5, 0.6) is 0 Å². The number of rotatable bonds is 6. The van der Waals surface area contributed by atoms with E-state index in [2.05, 4.69) is 4.98 Å². The first kappa shape index (κ1) is 11.5. The molecule has 0 saturated heterocycles. The van der Waals surface area contributed by atoms with Gasteiger partial charge in [0.1, 0.15) is 0 Å². The lowest BCUT2D eigenvalue weighted by molar-refractivity contribution is 0.296. The number of hydrogen-bond donors (Lipinski definition) is 2. The smallest absolute Gasteiger partial charge is 0.0438 e. The molecule has 14 heavy (non-hydrogen) atoms. The van der Waals surface area contributed by atoms with Crippen molar-refractivity contribution in [2.75, 3.05) is 18.9 Å². The van der Waals surface area contributed by atoms with Gasteiger partial charge < -0.3 is 10.8 Å². The van der Waals surface area contributed by atoms with Crippen molar-refractivity contribution in [2.24, 2.45) is 5.73 Å². The summed E-state index contributed by atoms with van der Waals surface area (Å²) < 4.78 is 0. The van der Waals surface area contributed by atoms with Crippen molar-refractivity contribution in [3.8, 4) is 0 Å². The molecule has 1 rings (SSSR count). The number of aromatic nitrogens is 1. The zero-order chi connectivity index (χ0) is 10.2. The van der Waals surface area contributed by atoms with Crippen LogP contribution in [-0.4, -0.2) is 29.0 Å². The van der Waals surface area contributed by atoms with Gasteiger partial charge in [-0.15, -0.1) is 0 Å². The van der Waals surface area contributed by atoms with Crippen LogP contribution in [0.1, 0.15) is 17.2 Å². The summed E-state index contributed by atoms with van der Waals surface area (Å²) in [6.45, 7) is 0.876. The third kappa shape index (κ3) is 3.65. The van der Waals surface area contributed by atoms with Crippen molar-refractivity contribution in [3.05, 3.63) is 30.1 Å². The van der Waals surface area contributed by atoms with E-state index in [1.165, 1.54) is 5.56 Å². The van der Waals surface area contributed by atoms with E-state index in [0.717, 1.165) is 12.2 Å². The van der Waals surface area contributed by atoms with Gasteiger partial charge in [-0.05, 0) is 29.9 Å². The minimum absolute atomic E-state index is 0.251. The van der Waals surface area contributed by atoms with Crippen LogP contribution >= 0.6 is 11.8 Å². The molecule has 1 aromatic rings. The summed E-state index contributed by atoms with van der Waals surface area (Å²) in [5.41, 5.74) is 6.90. The Morgan fingerprint density at radius 3 is 2.71 bits per heavy atom. The van der Waals surface area contributed by atoms with Gasteiger partial charge in [0, 0.05) is 30.8 Å². The van der Waals surface area contributed by atoms with Gasteiger partial charge >= 0.3 is 0 Å². The number of aliphatic hydroxyl groups excluding tert-OH is 1. The van der Waals surface area contributed by atoms with E-state index in [1.807, 2.05) is 12.1 Å². The van der Waals surface area contributed by atoms with Crippen LogP contribution in [0.15, 0.2) is 24.5 Å². The topological polar surface area (TPSA) is 59.1 Å². The minimum atomic E-state index is 0.251. The molecule has 0 aliphatic rings. The standard InChI is InChI=1S/C10H16N2OS/c11-8-10(14-7-1-6-13)9-2-4-12-5-3-9/h2-5,10,13H,1,6-8,11H2. The maximum absolute atomic E-state index is 8.67. The Balaban J connectivity index is 2.46. The zero-order valence-corrected chi connectivity index (χ0v) is 8.91. The van der Waals surface area contributed by atoms with Gasteiger partial charge in [-0.1, -0.05) is 0 Å². The molecule has 1 heterocycles. The van der Waals surface area contributed by atoms with E-state index in [4.69, 9.17) is 10.8 Å². The lowest BCUT2D eigenvalue weighted by atomic mass is 10.2. The molecule has 0 aromatic carbocycles. The number of pyridine rings is 1. The molecule has 0 aliphatic carbocycles. The highest BCUT2D eigenvalue weighted by molar-refractivity contribution is 7.99. The Morgan fingerprint density at radius 2 is 2.14 bits per heavy atom. The van der Waals surface area contributed by atoms with Crippen molar-refractivity contribution in [3.63, 3.8) is 0 Å². The first-order chi connectivity index (χ1) is 6.88. The fourth-order valence-electron chi connectivity index (χ4n) is 1.17. The van der Waals surface area contributed by atoms with E-state index in [1.54, 1.807) is 24.2 Å². The first-order valence-corrected chi connectivity index (χ1v) is 5.75. The Morgan fingerprint density at radius 1 is 1.43 bits per heavy atom. The molecule has 1 unspecified atom stereocenters. The molecule has 4 heteroatoms. The van der Waals surface area contributed by atoms with E-state index in [9.17, 15) is 0 Å². The van der Waals surface area contributed by atoms with Crippen molar-refractivity contribution < 1.29 is 5.11 Å². The van der Waals surface area contributed by atoms with E-state index in [-0.39, 0.29) is 6.61 Å². The SMILES string of the molecule is NCC(SCCCO)c1ccncc1. The molecule has 0 radical (unpaired) electrons. The third-order valence-corrected chi connectivity index (χ3v) is 3.30. The molecule has 0 bridgehead atoms. The molecule has 0 saturated carbocycles. The number of thioether (sulfide) groups is 1. The van der Waals surface area contributed by atoms with Crippen LogP contribution < -0.4 is 5.73 Å². The normalized spacial score (nSPS) is 12.7. The molecule has 0 aliphatic heterocycles. The maximum Gasteiger partial charge on any atom is 0.0438 e. The van der Waals surface area contributed by atoms with Crippen molar-refractivity contribution in [1.82, 2.24) is 4.98 Å². The molecular weight excluding hydrogens is 196 g/mol. The summed E-state index contributed by atoms with van der Waals surface area (Å²) in [4.78, 5) is 3.97. The number of nitrogens with zero attached hydrogens (tertiary/aromatic N) is 1. The maximum atomic E-state index is 8.67. The van der Waals surface area contributed by atoms with Crippen LogP contribution in [0.3, 0.4) is 0 Å². The predicted octanol–water partition coefficient (Wildman–Crippen LogP) is 1.20. The first-order valence-electron chi connectivity index (χ1n) is 4.71. The highest BCUT2D eigenvalue weighted by atomic mass is 32.2. The highest BCUT2D eigenvalue weighted by Crippen LogP contribution is 2.27. The summed E-state index contributed by atoms with van der Waals surface area (Å²) in [6, 6.07) is 3.98. The van der Waals surface area contributed by atoms with Gasteiger partial charge in [-0.3, -0.25) is 4.98 Å². The van der Waals surface area contributed by atoms with E-state index >= 15 is 0 Å². The Kier molecular flexibility index (Phi) is 5.59. The van der Waals surface area contributed by atoms with Gasteiger partial charge in [-0.25, -0.2) is 0 Å². The van der Waals surface area contributed by atoms with Crippen molar-refractivity contribution in [1.29, 1.82) is 0 Å². The Bertz CT molecular complexity index is 243. The van der Waals surface area contributed by atoms with Crippen LogP contribution in [0.25, 0.3) is 0 Å². The number of aliphatic hydroxyl groups is 1. The average molecular weight is 212 g/mol. The Hall–Kier alpha value is -0.580. The second kappa shape index (κ2) is 6.81. The zero-order valence-electron chi connectivity index (χ0n) is 8.10. The second-order valence-electron chi connectivity index (χ2n) is 2.95. The van der Waals surface area contributed by atoms with Crippen LogP contribution in [0.2, 0.25) is 0 Å². The monoisotopic (exact) mass is 212 g/mol. The van der Waals surface area contributed by atoms with Gasteiger partial charge in [0.25, 0.3) is 0 Å². The van der Waals surface area contributed by atoms with Gasteiger partial charge in [0.15, 0.2) is 0 Å². The van der Waals surface area contributed by atoms with Gasteiger partial charge in [0.2, 0.25) is 0 Å². The lowest BCUT2D eigenvalue weighted by Gasteiger charge is -2.13. The summed E-state index contributed by atoms with van der Waals surface area (Å²) in [5.74, 6) is 0.945. The second-order valence-corrected chi connectivity index (χ2v) is 4.26. The summed E-state index contributed by atoms with van der Waals surface area (Å²) in [6.07, 6.45) is 4.39. The quantitative estimate of drug-likeness (QED) is 0.696. The number of nitrogens with two attached hydrogens (primary N) is 1. The average Bonchev–Trinajstić information content (AvgIpc) is 2.26.